The molecule has 0 radical (unpaired) electrons. The average Bonchev–Trinajstić information content (AvgIpc) is 2.30. The van der Waals surface area contributed by atoms with Crippen molar-refractivity contribution in [1.82, 2.24) is 5.32 Å². The lowest BCUT2D eigenvalue weighted by Crippen LogP contribution is -2.30. The molecule has 0 saturated heterocycles. The van der Waals surface area contributed by atoms with Crippen LogP contribution in [0.5, 0.6) is 0 Å². The number of nitrogens with one attached hydrogen (secondary N) is 1. The highest BCUT2D eigenvalue weighted by Crippen LogP contribution is 2.20. The molecule has 0 aliphatic carbocycles. The largest absolute Gasteiger partial charge is 0.392 e. The third kappa shape index (κ3) is 5.07. The quantitative estimate of drug-likeness (QED) is 0.781. The minimum atomic E-state index is -0.256. The van der Waals surface area contributed by atoms with E-state index >= 15 is 0 Å². The second-order valence-electron chi connectivity index (χ2n) is 4.37. The smallest absolute Gasteiger partial charge is 0.0664 e. The molecule has 17 heavy (non-hydrogen) atoms. The summed E-state index contributed by atoms with van der Waals surface area (Å²) in [4.78, 5) is 0. The van der Waals surface area contributed by atoms with Crippen molar-refractivity contribution >= 4 is 11.6 Å². The normalized spacial score (nSPS) is 14.6. The van der Waals surface area contributed by atoms with Gasteiger partial charge in [-0.15, -0.1) is 0 Å². The van der Waals surface area contributed by atoms with E-state index in [0.717, 1.165) is 24.3 Å². The summed E-state index contributed by atoms with van der Waals surface area (Å²) in [7, 11) is 0. The molecule has 3 heteroatoms. The number of aliphatic hydroxyl groups is 1. The Morgan fingerprint density at radius 3 is 2.71 bits per heavy atom. The topological polar surface area (TPSA) is 32.3 Å². The summed E-state index contributed by atoms with van der Waals surface area (Å²) >= 11 is 5.98. The molecule has 1 aromatic carbocycles. The maximum atomic E-state index is 9.71. The SMILES string of the molecule is CCCC(O)CNC(CC)c1cccc(Cl)c1. The van der Waals surface area contributed by atoms with E-state index in [1.54, 1.807) is 0 Å². The Bertz CT molecular complexity index is 330. The Morgan fingerprint density at radius 2 is 2.12 bits per heavy atom. The predicted molar refractivity (Wildman–Crippen MR) is 73.4 cm³/mol. The Labute approximate surface area is 109 Å². The third-order valence-electron chi connectivity index (χ3n) is 2.88. The molecule has 0 spiro atoms. The van der Waals surface area contributed by atoms with Crippen molar-refractivity contribution in [2.45, 2.75) is 45.3 Å². The Hall–Kier alpha value is -0.570. The summed E-state index contributed by atoms with van der Waals surface area (Å²) in [6.45, 7) is 4.85. The van der Waals surface area contributed by atoms with Crippen LogP contribution in [0.2, 0.25) is 5.02 Å². The summed E-state index contributed by atoms with van der Waals surface area (Å²) in [6, 6.07) is 8.16. The fourth-order valence-corrected chi connectivity index (χ4v) is 2.13. The molecule has 2 N–H and O–H groups in total. The van der Waals surface area contributed by atoms with E-state index in [0.29, 0.717) is 6.54 Å². The van der Waals surface area contributed by atoms with E-state index < -0.39 is 0 Å². The molecule has 0 amide bonds. The van der Waals surface area contributed by atoms with Gasteiger partial charge in [-0.3, -0.25) is 0 Å². The van der Waals surface area contributed by atoms with Gasteiger partial charge in [-0.25, -0.2) is 0 Å². The molecule has 0 aliphatic heterocycles. The van der Waals surface area contributed by atoms with Gasteiger partial charge in [0, 0.05) is 17.6 Å². The fourth-order valence-electron chi connectivity index (χ4n) is 1.93. The molecule has 2 atom stereocenters. The molecule has 0 bridgehead atoms. The van der Waals surface area contributed by atoms with E-state index in [-0.39, 0.29) is 12.1 Å². The standard InChI is InChI=1S/C14H22ClNO/c1-3-6-13(17)10-16-14(4-2)11-7-5-8-12(15)9-11/h5,7-9,13-14,16-17H,3-4,6,10H2,1-2H3. The van der Waals surface area contributed by atoms with E-state index in [2.05, 4.69) is 25.2 Å². The van der Waals surface area contributed by atoms with Gasteiger partial charge in [-0.1, -0.05) is 44.0 Å². The zero-order valence-corrected chi connectivity index (χ0v) is 11.4. The molecule has 96 valence electrons. The molecule has 0 saturated carbocycles. The molecule has 0 fully saturated rings. The zero-order chi connectivity index (χ0) is 12.7. The Balaban J connectivity index is 2.54. The predicted octanol–water partition coefficient (Wildman–Crippen LogP) is 3.54. The van der Waals surface area contributed by atoms with Gasteiger partial charge in [-0.2, -0.15) is 0 Å². The first-order chi connectivity index (χ1) is 8.17. The van der Waals surface area contributed by atoms with E-state index in [1.807, 2.05) is 18.2 Å². The third-order valence-corrected chi connectivity index (χ3v) is 3.12. The number of hydrogen-bond donors (Lipinski definition) is 2. The van der Waals surface area contributed by atoms with E-state index in [9.17, 15) is 5.11 Å². The van der Waals surface area contributed by atoms with Crippen LogP contribution in [0.25, 0.3) is 0 Å². The number of rotatable bonds is 7. The van der Waals surface area contributed by atoms with Crippen molar-refractivity contribution in [3.05, 3.63) is 34.9 Å². The maximum absolute atomic E-state index is 9.71. The summed E-state index contributed by atoms with van der Waals surface area (Å²) in [5, 5.41) is 13.9. The van der Waals surface area contributed by atoms with Crippen molar-refractivity contribution in [2.24, 2.45) is 0 Å². The molecule has 0 aliphatic rings. The van der Waals surface area contributed by atoms with Gasteiger partial charge in [0.25, 0.3) is 0 Å². The van der Waals surface area contributed by atoms with Gasteiger partial charge in [0.05, 0.1) is 6.10 Å². The zero-order valence-electron chi connectivity index (χ0n) is 10.6. The molecule has 0 aromatic heterocycles. The van der Waals surface area contributed by atoms with Crippen LogP contribution in [0.3, 0.4) is 0 Å². The van der Waals surface area contributed by atoms with E-state index in [1.165, 1.54) is 5.56 Å². The average molecular weight is 256 g/mol. The maximum Gasteiger partial charge on any atom is 0.0664 e. The Kier molecular flexibility index (Phi) is 6.56. The van der Waals surface area contributed by atoms with Crippen LogP contribution < -0.4 is 5.32 Å². The molecule has 2 nitrogen and oxygen atoms in total. The monoisotopic (exact) mass is 255 g/mol. The lowest BCUT2D eigenvalue weighted by atomic mass is 10.0. The minimum absolute atomic E-state index is 0.256. The van der Waals surface area contributed by atoms with Crippen LogP contribution in [0.4, 0.5) is 0 Å². The first kappa shape index (κ1) is 14.5. The molecule has 1 rings (SSSR count). The van der Waals surface area contributed by atoms with Crippen molar-refractivity contribution in [3.63, 3.8) is 0 Å². The van der Waals surface area contributed by atoms with Crippen molar-refractivity contribution in [2.75, 3.05) is 6.54 Å². The van der Waals surface area contributed by atoms with Gasteiger partial charge in [-0.05, 0) is 30.5 Å². The Morgan fingerprint density at radius 1 is 1.35 bits per heavy atom. The molecule has 0 heterocycles. The second kappa shape index (κ2) is 7.70. The van der Waals surface area contributed by atoms with Crippen LogP contribution in [-0.4, -0.2) is 17.8 Å². The van der Waals surface area contributed by atoms with Crippen molar-refractivity contribution in [1.29, 1.82) is 0 Å². The highest BCUT2D eigenvalue weighted by Gasteiger charge is 2.11. The van der Waals surface area contributed by atoms with Crippen LogP contribution >= 0.6 is 11.6 Å². The number of halogens is 1. The molecular formula is C14H22ClNO. The molecular weight excluding hydrogens is 234 g/mol. The summed E-state index contributed by atoms with van der Waals surface area (Å²) in [5.74, 6) is 0. The van der Waals surface area contributed by atoms with Crippen molar-refractivity contribution in [3.8, 4) is 0 Å². The molecule has 1 aromatic rings. The van der Waals surface area contributed by atoms with E-state index in [4.69, 9.17) is 11.6 Å². The summed E-state index contributed by atoms with van der Waals surface area (Å²) in [6.07, 6.45) is 2.59. The first-order valence-corrected chi connectivity index (χ1v) is 6.72. The highest BCUT2D eigenvalue weighted by molar-refractivity contribution is 6.30. The number of benzene rings is 1. The second-order valence-corrected chi connectivity index (χ2v) is 4.80. The van der Waals surface area contributed by atoms with Crippen LogP contribution in [-0.2, 0) is 0 Å². The van der Waals surface area contributed by atoms with Crippen LogP contribution in [0.1, 0.15) is 44.7 Å². The van der Waals surface area contributed by atoms with Gasteiger partial charge >= 0.3 is 0 Å². The lowest BCUT2D eigenvalue weighted by Gasteiger charge is -2.20. The van der Waals surface area contributed by atoms with Crippen LogP contribution in [0.15, 0.2) is 24.3 Å². The highest BCUT2D eigenvalue weighted by atomic mass is 35.5. The van der Waals surface area contributed by atoms with Gasteiger partial charge in [0.2, 0.25) is 0 Å². The first-order valence-electron chi connectivity index (χ1n) is 6.34. The van der Waals surface area contributed by atoms with Gasteiger partial charge < -0.3 is 10.4 Å². The lowest BCUT2D eigenvalue weighted by molar-refractivity contribution is 0.156. The number of hydrogen-bond acceptors (Lipinski definition) is 2. The van der Waals surface area contributed by atoms with Crippen LogP contribution in [0, 0.1) is 0 Å². The van der Waals surface area contributed by atoms with Crippen molar-refractivity contribution < 1.29 is 5.11 Å². The number of aliphatic hydroxyl groups excluding tert-OH is 1. The fraction of sp³-hybridized carbons (Fsp3) is 0.571. The summed E-state index contributed by atoms with van der Waals surface area (Å²) in [5.41, 5.74) is 1.18. The summed E-state index contributed by atoms with van der Waals surface area (Å²) < 4.78 is 0. The minimum Gasteiger partial charge on any atom is -0.392 e. The molecule has 2 unspecified atom stereocenters. The van der Waals surface area contributed by atoms with Gasteiger partial charge in [0.15, 0.2) is 0 Å². The van der Waals surface area contributed by atoms with Gasteiger partial charge in [0.1, 0.15) is 0 Å².